The zero-order valence-electron chi connectivity index (χ0n) is 10.5. The van der Waals surface area contributed by atoms with Gasteiger partial charge in [-0.2, -0.15) is 0 Å². The van der Waals surface area contributed by atoms with E-state index in [1.165, 1.54) is 4.88 Å². The lowest BCUT2D eigenvalue weighted by molar-refractivity contribution is 0.237. The minimum atomic E-state index is 0.240. The molecule has 4 heteroatoms. The van der Waals surface area contributed by atoms with Crippen molar-refractivity contribution < 1.29 is 5.11 Å². The van der Waals surface area contributed by atoms with Crippen LogP contribution < -0.4 is 5.32 Å². The highest BCUT2D eigenvalue weighted by Crippen LogP contribution is 2.23. The number of rotatable bonds is 6. The van der Waals surface area contributed by atoms with Crippen LogP contribution in [0.1, 0.15) is 43.8 Å². The molecule has 1 rings (SSSR count). The molecule has 0 saturated carbocycles. The van der Waals surface area contributed by atoms with Crippen molar-refractivity contribution in [2.24, 2.45) is 5.92 Å². The van der Waals surface area contributed by atoms with Gasteiger partial charge in [-0.25, -0.2) is 4.98 Å². The number of hydrogen-bond donors (Lipinski definition) is 2. The molecule has 3 nitrogen and oxygen atoms in total. The van der Waals surface area contributed by atoms with Crippen LogP contribution in [0.4, 0.5) is 0 Å². The molecule has 92 valence electrons. The molecule has 0 amide bonds. The van der Waals surface area contributed by atoms with Gasteiger partial charge in [0.15, 0.2) is 0 Å². The number of aliphatic hydroxyl groups excluding tert-OH is 1. The molecule has 2 N–H and O–H groups in total. The van der Waals surface area contributed by atoms with Crippen LogP contribution in [0, 0.1) is 12.8 Å². The number of aliphatic hydroxyl groups is 1. The smallest absolute Gasteiger partial charge is 0.0798 e. The van der Waals surface area contributed by atoms with Gasteiger partial charge in [-0.15, -0.1) is 11.3 Å². The highest BCUT2D eigenvalue weighted by atomic mass is 32.1. The first-order valence-electron chi connectivity index (χ1n) is 5.83. The molecule has 0 bridgehead atoms. The normalized spacial score (nSPS) is 15.4. The lowest BCUT2D eigenvalue weighted by Crippen LogP contribution is -2.36. The van der Waals surface area contributed by atoms with Crippen LogP contribution in [-0.4, -0.2) is 22.7 Å². The third-order valence-corrected chi connectivity index (χ3v) is 4.00. The average Bonchev–Trinajstić information content (AvgIpc) is 2.63. The van der Waals surface area contributed by atoms with E-state index in [4.69, 9.17) is 5.11 Å². The van der Waals surface area contributed by atoms with Gasteiger partial charge in [0.2, 0.25) is 0 Å². The van der Waals surface area contributed by atoms with Gasteiger partial charge < -0.3 is 10.4 Å². The Bertz CT molecular complexity index is 312. The summed E-state index contributed by atoms with van der Waals surface area (Å²) in [7, 11) is 0. The number of aromatic nitrogens is 1. The second-order valence-corrected chi connectivity index (χ2v) is 5.44. The molecule has 16 heavy (non-hydrogen) atoms. The molecule has 2 atom stereocenters. The third-order valence-electron chi connectivity index (χ3n) is 2.88. The van der Waals surface area contributed by atoms with E-state index in [1.54, 1.807) is 11.3 Å². The third kappa shape index (κ3) is 3.54. The molecule has 0 aliphatic heterocycles. The molecule has 0 aromatic carbocycles. The van der Waals surface area contributed by atoms with Crippen molar-refractivity contribution in [1.29, 1.82) is 0 Å². The zero-order chi connectivity index (χ0) is 12.1. The molecule has 0 fully saturated rings. The van der Waals surface area contributed by atoms with Crippen molar-refractivity contribution in [2.45, 2.75) is 46.2 Å². The highest BCUT2D eigenvalue weighted by Gasteiger charge is 2.18. The van der Waals surface area contributed by atoms with Gasteiger partial charge in [0.05, 0.1) is 11.2 Å². The minimum Gasteiger partial charge on any atom is -0.396 e. The van der Waals surface area contributed by atoms with Crippen molar-refractivity contribution in [3.8, 4) is 0 Å². The molecular formula is C12H22N2OS. The number of hydrogen-bond acceptors (Lipinski definition) is 4. The number of thiazole rings is 1. The Morgan fingerprint density at radius 1 is 1.44 bits per heavy atom. The standard InChI is InChI=1S/C12H22N2OS/c1-8(2)11(5-6-15)14-10(4)12-9(3)13-7-16-12/h7-8,10-11,14-15H,5-6H2,1-4H3. The van der Waals surface area contributed by atoms with E-state index >= 15 is 0 Å². The number of nitrogens with one attached hydrogen (secondary N) is 1. The first kappa shape index (κ1) is 13.6. The van der Waals surface area contributed by atoms with Crippen LogP contribution in [0.3, 0.4) is 0 Å². The fraction of sp³-hybridized carbons (Fsp3) is 0.750. The summed E-state index contributed by atoms with van der Waals surface area (Å²) in [6.07, 6.45) is 0.805. The van der Waals surface area contributed by atoms with E-state index in [-0.39, 0.29) is 6.61 Å². The molecule has 0 spiro atoms. The zero-order valence-corrected chi connectivity index (χ0v) is 11.3. The summed E-state index contributed by atoms with van der Waals surface area (Å²) in [5.41, 5.74) is 3.00. The number of nitrogens with zero attached hydrogens (tertiary/aromatic N) is 1. The summed E-state index contributed by atoms with van der Waals surface area (Å²) in [4.78, 5) is 5.56. The number of aryl methyl sites for hydroxylation is 1. The van der Waals surface area contributed by atoms with Crippen LogP contribution in [-0.2, 0) is 0 Å². The van der Waals surface area contributed by atoms with Crippen molar-refractivity contribution in [2.75, 3.05) is 6.61 Å². The lowest BCUT2D eigenvalue weighted by Gasteiger charge is -2.25. The van der Waals surface area contributed by atoms with Gasteiger partial charge in [-0.05, 0) is 26.2 Å². The van der Waals surface area contributed by atoms with Gasteiger partial charge >= 0.3 is 0 Å². The Kier molecular flexibility index (Phi) is 5.38. The minimum absolute atomic E-state index is 0.240. The van der Waals surface area contributed by atoms with Crippen molar-refractivity contribution in [3.05, 3.63) is 16.1 Å². The fourth-order valence-corrected chi connectivity index (χ4v) is 2.69. The monoisotopic (exact) mass is 242 g/mol. The summed E-state index contributed by atoms with van der Waals surface area (Å²) >= 11 is 1.69. The van der Waals surface area contributed by atoms with E-state index in [9.17, 15) is 0 Å². The maximum Gasteiger partial charge on any atom is 0.0798 e. The topological polar surface area (TPSA) is 45.2 Å². The molecule has 0 aliphatic carbocycles. The van der Waals surface area contributed by atoms with Crippen LogP contribution in [0.2, 0.25) is 0 Å². The summed E-state index contributed by atoms with van der Waals surface area (Å²) in [6.45, 7) is 8.80. The molecule has 2 unspecified atom stereocenters. The summed E-state index contributed by atoms with van der Waals surface area (Å²) < 4.78 is 0. The second kappa shape index (κ2) is 6.33. The van der Waals surface area contributed by atoms with Crippen LogP contribution in [0.5, 0.6) is 0 Å². The quantitative estimate of drug-likeness (QED) is 0.805. The predicted molar refractivity (Wildman–Crippen MR) is 68.7 cm³/mol. The van der Waals surface area contributed by atoms with Crippen LogP contribution >= 0.6 is 11.3 Å². The van der Waals surface area contributed by atoms with E-state index in [0.29, 0.717) is 18.0 Å². The molecule has 1 aromatic rings. The Balaban J connectivity index is 2.61. The van der Waals surface area contributed by atoms with E-state index < -0.39 is 0 Å². The molecule has 0 saturated heterocycles. The molecular weight excluding hydrogens is 220 g/mol. The first-order valence-corrected chi connectivity index (χ1v) is 6.71. The maximum absolute atomic E-state index is 9.03. The van der Waals surface area contributed by atoms with Gasteiger partial charge in [-0.3, -0.25) is 0 Å². The predicted octanol–water partition coefficient (Wildman–Crippen LogP) is 2.51. The van der Waals surface area contributed by atoms with Gasteiger partial charge in [0, 0.05) is 23.6 Å². The van der Waals surface area contributed by atoms with Crippen molar-refractivity contribution >= 4 is 11.3 Å². The Labute approximate surface area is 102 Å². The van der Waals surface area contributed by atoms with Crippen LogP contribution in [0.15, 0.2) is 5.51 Å². The SMILES string of the molecule is Cc1ncsc1C(C)NC(CCO)C(C)C. The maximum atomic E-state index is 9.03. The van der Waals surface area contributed by atoms with Gasteiger partial charge in [0.1, 0.15) is 0 Å². The first-order chi connectivity index (χ1) is 7.56. The van der Waals surface area contributed by atoms with E-state index in [1.807, 2.05) is 12.4 Å². The molecule has 1 aromatic heterocycles. The highest BCUT2D eigenvalue weighted by molar-refractivity contribution is 7.09. The Morgan fingerprint density at radius 2 is 2.12 bits per heavy atom. The summed E-state index contributed by atoms with van der Waals surface area (Å²) in [5.74, 6) is 0.530. The largest absolute Gasteiger partial charge is 0.396 e. The summed E-state index contributed by atoms with van der Waals surface area (Å²) in [5, 5.41) is 12.6. The molecule has 0 aliphatic rings. The lowest BCUT2D eigenvalue weighted by atomic mass is 10.00. The van der Waals surface area contributed by atoms with Gasteiger partial charge in [0.25, 0.3) is 0 Å². The van der Waals surface area contributed by atoms with E-state index in [0.717, 1.165) is 12.1 Å². The van der Waals surface area contributed by atoms with E-state index in [2.05, 4.69) is 31.1 Å². The van der Waals surface area contributed by atoms with Crippen LogP contribution in [0.25, 0.3) is 0 Å². The second-order valence-electron chi connectivity index (χ2n) is 4.55. The Hall–Kier alpha value is -0.450. The molecule has 0 radical (unpaired) electrons. The van der Waals surface area contributed by atoms with Crippen molar-refractivity contribution in [1.82, 2.24) is 10.3 Å². The average molecular weight is 242 g/mol. The summed E-state index contributed by atoms with van der Waals surface area (Å²) in [6, 6.07) is 0.674. The molecule has 1 heterocycles. The fourth-order valence-electron chi connectivity index (χ4n) is 1.87. The van der Waals surface area contributed by atoms with Crippen molar-refractivity contribution in [3.63, 3.8) is 0 Å². The Morgan fingerprint density at radius 3 is 2.56 bits per heavy atom. The van der Waals surface area contributed by atoms with Gasteiger partial charge in [-0.1, -0.05) is 13.8 Å².